The molecule has 2 N–H and O–H groups in total. The number of carbonyl (C=O) groups excluding carboxylic acids is 1. The maximum atomic E-state index is 12.7. The second-order valence-electron chi connectivity index (χ2n) is 6.85. The predicted octanol–water partition coefficient (Wildman–Crippen LogP) is 3.68. The minimum Gasteiger partial charge on any atom is -0.465 e. The van der Waals surface area contributed by atoms with Gasteiger partial charge in [-0.25, -0.2) is 9.59 Å². The second kappa shape index (κ2) is 7.64. The first-order valence-electron chi connectivity index (χ1n) is 8.96. The SMILES string of the molecule is CC(NC(=O)N(C)C1CCN(C(=O)O)CC1)c1cccc2ccccc12. The molecule has 2 aromatic rings. The van der Waals surface area contributed by atoms with E-state index in [1.807, 2.05) is 31.2 Å². The van der Waals surface area contributed by atoms with Gasteiger partial charge in [0.15, 0.2) is 0 Å². The molecule has 0 bridgehead atoms. The Labute approximate surface area is 153 Å². The smallest absolute Gasteiger partial charge is 0.407 e. The minimum absolute atomic E-state index is 0.0605. The third-order valence-electron chi connectivity index (χ3n) is 5.23. The van der Waals surface area contributed by atoms with Crippen molar-refractivity contribution in [3.05, 3.63) is 48.0 Å². The van der Waals surface area contributed by atoms with Crippen LogP contribution in [0.1, 0.15) is 31.4 Å². The number of carbonyl (C=O) groups is 2. The molecule has 26 heavy (non-hydrogen) atoms. The molecule has 1 aliphatic rings. The average Bonchev–Trinajstić information content (AvgIpc) is 2.66. The predicted molar refractivity (Wildman–Crippen MR) is 101 cm³/mol. The van der Waals surface area contributed by atoms with Gasteiger partial charge in [0, 0.05) is 26.2 Å². The lowest BCUT2D eigenvalue weighted by Gasteiger charge is -2.36. The van der Waals surface area contributed by atoms with Gasteiger partial charge in [0.25, 0.3) is 0 Å². The molecule has 1 fully saturated rings. The van der Waals surface area contributed by atoms with Crippen molar-refractivity contribution in [2.45, 2.75) is 31.8 Å². The zero-order valence-corrected chi connectivity index (χ0v) is 15.2. The molecule has 1 heterocycles. The van der Waals surface area contributed by atoms with Gasteiger partial charge in [-0.1, -0.05) is 42.5 Å². The fraction of sp³-hybridized carbons (Fsp3) is 0.400. The largest absolute Gasteiger partial charge is 0.465 e. The van der Waals surface area contributed by atoms with Crippen LogP contribution in [0.15, 0.2) is 42.5 Å². The third-order valence-corrected chi connectivity index (χ3v) is 5.23. The molecule has 1 saturated heterocycles. The van der Waals surface area contributed by atoms with E-state index in [0.717, 1.165) is 16.3 Å². The molecule has 0 aliphatic carbocycles. The topological polar surface area (TPSA) is 72.9 Å². The van der Waals surface area contributed by atoms with Crippen LogP contribution in [0.2, 0.25) is 0 Å². The summed E-state index contributed by atoms with van der Waals surface area (Å²) in [6, 6.07) is 14.1. The van der Waals surface area contributed by atoms with Gasteiger partial charge in [-0.05, 0) is 36.1 Å². The fourth-order valence-corrected chi connectivity index (χ4v) is 3.60. The summed E-state index contributed by atoms with van der Waals surface area (Å²) in [5.74, 6) is 0. The molecule has 6 nitrogen and oxygen atoms in total. The van der Waals surface area contributed by atoms with Crippen molar-refractivity contribution < 1.29 is 14.7 Å². The number of urea groups is 1. The summed E-state index contributed by atoms with van der Waals surface area (Å²) in [5, 5.41) is 14.4. The van der Waals surface area contributed by atoms with E-state index in [2.05, 4.69) is 23.5 Å². The number of carboxylic acid groups (broad SMARTS) is 1. The van der Waals surface area contributed by atoms with Crippen LogP contribution in [0.25, 0.3) is 10.8 Å². The normalized spacial score (nSPS) is 16.3. The number of hydrogen-bond donors (Lipinski definition) is 2. The van der Waals surface area contributed by atoms with Gasteiger partial charge in [-0.15, -0.1) is 0 Å². The molecular weight excluding hydrogens is 330 g/mol. The van der Waals surface area contributed by atoms with Crippen LogP contribution in [0.5, 0.6) is 0 Å². The summed E-state index contributed by atoms with van der Waals surface area (Å²) in [6.07, 6.45) is 0.442. The van der Waals surface area contributed by atoms with E-state index in [9.17, 15) is 9.59 Å². The molecule has 0 radical (unpaired) electrons. The molecule has 6 heteroatoms. The molecule has 0 aromatic heterocycles. The number of piperidine rings is 1. The van der Waals surface area contributed by atoms with Gasteiger partial charge in [0.2, 0.25) is 0 Å². The number of benzene rings is 2. The van der Waals surface area contributed by atoms with Gasteiger partial charge in [-0.2, -0.15) is 0 Å². The molecule has 138 valence electrons. The van der Waals surface area contributed by atoms with Crippen molar-refractivity contribution >= 4 is 22.9 Å². The summed E-state index contributed by atoms with van der Waals surface area (Å²) >= 11 is 0. The van der Waals surface area contributed by atoms with Crippen LogP contribution in [-0.2, 0) is 0 Å². The van der Waals surface area contributed by atoms with Crippen molar-refractivity contribution in [1.29, 1.82) is 0 Å². The molecule has 1 atom stereocenters. The standard InChI is InChI=1S/C20H25N3O3/c1-14(17-9-5-7-15-6-3-4-8-18(15)17)21-19(24)22(2)16-10-12-23(13-11-16)20(25)26/h3-9,14,16H,10-13H2,1-2H3,(H,21,24)(H,25,26). The molecule has 2 aromatic carbocycles. The number of rotatable bonds is 3. The van der Waals surface area contributed by atoms with Crippen LogP contribution in [0.3, 0.4) is 0 Å². The van der Waals surface area contributed by atoms with Gasteiger partial charge in [0.05, 0.1) is 6.04 Å². The number of likely N-dealkylation sites (tertiary alicyclic amines) is 1. The van der Waals surface area contributed by atoms with Gasteiger partial charge < -0.3 is 20.2 Å². The lowest BCUT2D eigenvalue weighted by molar-refractivity contribution is 0.111. The summed E-state index contributed by atoms with van der Waals surface area (Å²) in [5.41, 5.74) is 1.09. The fourth-order valence-electron chi connectivity index (χ4n) is 3.60. The Bertz CT molecular complexity index is 794. The van der Waals surface area contributed by atoms with Crippen molar-refractivity contribution in [3.8, 4) is 0 Å². The highest BCUT2D eigenvalue weighted by molar-refractivity contribution is 5.86. The summed E-state index contributed by atoms with van der Waals surface area (Å²) < 4.78 is 0. The molecule has 3 rings (SSSR count). The van der Waals surface area contributed by atoms with Crippen LogP contribution < -0.4 is 5.32 Å². The first-order valence-corrected chi connectivity index (χ1v) is 8.96. The number of hydrogen-bond acceptors (Lipinski definition) is 2. The second-order valence-corrected chi connectivity index (χ2v) is 6.85. The van der Waals surface area contributed by atoms with E-state index < -0.39 is 6.09 Å². The zero-order valence-electron chi connectivity index (χ0n) is 15.2. The summed E-state index contributed by atoms with van der Waals surface area (Å²) in [4.78, 5) is 26.8. The highest BCUT2D eigenvalue weighted by atomic mass is 16.4. The first kappa shape index (κ1) is 18.0. The van der Waals surface area contributed by atoms with E-state index >= 15 is 0 Å². The van der Waals surface area contributed by atoms with Crippen molar-refractivity contribution in [3.63, 3.8) is 0 Å². The Hall–Kier alpha value is -2.76. The molecule has 1 aliphatic heterocycles. The maximum Gasteiger partial charge on any atom is 0.407 e. The van der Waals surface area contributed by atoms with Crippen molar-refractivity contribution in [2.24, 2.45) is 0 Å². The van der Waals surface area contributed by atoms with Crippen LogP contribution in [-0.4, -0.2) is 53.2 Å². The lowest BCUT2D eigenvalue weighted by atomic mass is 10.00. The number of fused-ring (bicyclic) bond motifs is 1. The number of nitrogens with zero attached hydrogens (tertiary/aromatic N) is 2. The molecule has 0 spiro atoms. The number of amides is 3. The highest BCUT2D eigenvalue weighted by Crippen LogP contribution is 2.24. The van der Waals surface area contributed by atoms with Crippen molar-refractivity contribution in [1.82, 2.24) is 15.1 Å². The Kier molecular flexibility index (Phi) is 5.30. The molecule has 1 unspecified atom stereocenters. The summed E-state index contributed by atoms with van der Waals surface area (Å²) in [7, 11) is 1.78. The average molecular weight is 355 g/mol. The van der Waals surface area contributed by atoms with E-state index in [0.29, 0.717) is 25.9 Å². The van der Waals surface area contributed by atoms with Crippen LogP contribution >= 0.6 is 0 Å². The maximum absolute atomic E-state index is 12.7. The highest BCUT2D eigenvalue weighted by Gasteiger charge is 2.28. The van der Waals surface area contributed by atoms with Gasteiger partial charge >= 0.3 is 12.1 Å². The first-order chi connectivity index (χ1) is 12.5. The van der Waals surface area contributed by atoms with Crippen LogP contribution in [0, 0.1) is 0 Å². The van der Waals surface area contributed by atoms with Gasteiger partial charge in [0.1, 0.15) is 0 Å². The monoisotopic (exact) mass is 355 g/mol. The Balaban J connectivity index is 1.64. The van der Waals surface area contributed by atoms with E-state index in [1.54, 1.807) is 11.9 Å². The quantitative estimate of drug-likeness (QED) is 0.882. The van der Waals surface area contributed by atoms with Gasteiger partial charge in [-0.3, -0.25) is 0 Å². The summed E-state index contributed by atoms with van der Waals surface area (Å²) in [6.45, 7) is 2.92. The van der Waals surface area contributed by atoms with E-state index in [-0.39, 0.29) is 18.1 Å². The van der Waals surface area contributed by atoms with E-state index in [1.165, 1.54) is 4.90 Å². The Morgan fingerprint density at radius 3 is 2.50 bits per heavy atom. The molecule has 3 amide bonds. The van der Waals surface area contributed by atoms with Crippen LogP contribution in [0.4, 0.5) is 9.59 Å². The van der Waals surface area contributed by atoms with Crippen molar-refractivity contribution in [2.75, 3.05) is 20.1 Å². The lowest BCUT2D eigenvalue weighted by Crippen LogP contribution is -2.50. The molecular formula is C20H25N3O3. The number of nitrogens with one attached hydrogen (secondary N) is 1. The van der Waals surface area contributed by atoms with E-state index in [4.69, 9.17) is 5.11 Å². The Morgan fingerprint density at radius 2 is 1.81 bits per heavy atom. The minimum atomic E-state index is -0.889. The Morgan fingerprint density at radius 1 is 1.15 bits per heavy atom. The molecule has 0 saturated carbocycles. The third kappa shape index (κ3) is 3.74. The zero-order chi connectivity index (χ0) is 18.7.